The minimum Gasteiger partial charge on any atom is -0.493 e. The Bertz CT molecular complexity index is 1000. The molecular weight excluding hydrogens is 402 g/mol. The number of hydrogen-bond acceptors (Lipinski definition) is 8. The number of amides is 1. The Morgan fingerprint density at radius 3 is 2.53 bits per heavy atom. The predicted octanol–water partition coefficient (Wildman–Crippen LogP) is 2.96. The zero-order valence-corrected chi connectivity index (χ0v) is 18.5. The van der Waals surface area contributed by atoms with Gasteiger partial charge in [-0.2, -0.15) is 5.26 Å². The van der Waals surface area contributed by atoms with Crippen molar-refractivity contribution in [1.29, 1.82) is 5.26 Å². The first kappa shape index (κ1) is 21.6. The van der Waals surface area contributed by atoms with Crippen molar-refractivity contribution >= 4 is 22.8 Å². The summed E-state index contributed by atoms with van der Waals surface area (Å²) in [6.45, 7) is 6.84. The van der Waals surface area contributed by atoms with Gasteiger partial charge in [-0.15, -0.1) is 0 Å². The quantitative estimate of drug-likeness (QED) is 0.744. The molecule has 2 aliphatic rings. The van der Waals surface area contributed by atoms with Gasteiger partial charge >= 0.3 is 0 Å². The molecule has 9 heteroatoms. The number of nitrogens with zero attached hydrogens (tertiary/aromatic N) is 4. The van der Waals surface area contributed by atoms with Gasteiger partial charge in [-0.1, -0.05) is 6.07 Å². The number of likely N-dealkylation sites (N-methyl/N-ethyl adjacent to an activating group) is 1. The average molecular weight is 428 g/mol. The van der Waals surface area contributed by atoms with Gasteiger partial charge in [0.25, 0.3) is 5.91 Å². The number of nitriles is 1. The number of methoxy groups -OCH3 is 2. The molecule has 2 aliphatic heterocycles. The van der Waals surface area contributed by atoms with Crippen LogP contribution in [0.5, 0.6) is 11.5 Å². The second-order valence-corrected chi connectivity index (χ2v) is 7.66. The van der Waals surface area contributed by atoms with E-state index in [1.165, 1.54) is 11.8 Å². The van der Waals surface area contributed by atoms with E-state index in [1.807, 2.05) is 32.9 Å². The molecule has 0 fully saturated rings. The Hall–Kier alpha value is -3.12. The van der Waals surface area contributed by atoms with Crippen LogP contribution in [0.4, 0.5) is 0 Å². The lowest BCUT2D eigenvalue weighted by atomic mass is 9.93. The molecule has 0 saturated carbocycles. The van der Waals surface area contributed by atoms with Gasteiger partial charge < -0.3 is 20.1 Å². The van der Waals surface area contributed by atoms with E-state index in [9.17, 15) is 10.1 Å². The summed E-state index contributed by atoms with van der Waals surface area (Å²) in [6, 6.07) is 7.09. The third kappa shape index (κ3) is 3.48. The number of amidine groups is 1. The topological polar surface area (TPSA) is 104 Å². The molecule has 2 N–H and O–H groups in total. The fourth-order valence-electron chi connectivity index (χ4n) is 3.63. The first-order valence-electron chi connectivity index (χ1n) is 9.59. The van der Waals surface area contributed by atoms with E-state index in [0.29, 0.717) is 51.8 Å². The van der Waals surface area contributed by atoms with Crippen molar-refractivity contribution in [2.45, 2.75) is 26.8 Å². The Balaban J connectivity index is 2.23. The average Bonchev–Trinajstić information content (AvgIpc) is 3.07. The van der Waals surface area contributed by atoms with Gasteiger partial charge in [0.2, 0.25) is 0 Å². The molecule has 1 atom stereocenters. The summed E-state index contributed by atoms with van der Waals surface area (Å²) in [5.41, 5.74) is 8.25. The van der Waals surface area contributed by atoms with Crippen LogP contribution in [0.25, 0.3) is 0 Å². The number of thioether (sulfide) groups is 1. The number of carbonyl (C=O) groups is 1. The molecule has 0 radical (unpaired) electrons. The normalized spacial score (nSPS) is 18.1. The highest BCUT2D eigenvalue weighted by Crippen LogP contribution is 2.46. The summed E-state index contributed by atoms with van der Waals surface area (Å²) in [5.74, 6) is 1.31. The lowest BCUT2D eigenvalue weighted by molar-refractivity contribution is -0.127. The maximum Gasteiger partial charge on any atom is 0.254 e. The number of benzene rings is 1. The maximum atomic E-state index is 13.5. The molecule has 0 bridgehead atoms. The lowest BCUT2D eigenvalue weighted by Gasteiger charge is -2.37. The van der Waals surface area contributed by atoms with E-state index >= 15 is 0 Å². The number of fused-ring (bicyclic) bond motifs is 1. The van der Waals surface area contributed by atoms with Gasteiger partial charge in [0.05, 0.1) is 31.5 Å². The second-order valence-electron chi connectivity index (χ2n) is 6.69. The van der Waals surface area contributed by atoms with E-state index in [0.717, 1.165) is 5.56 Å². The van der Waals surface area contributed by atoms with Crippen LogP contribution in [-0.4, -0.2) is 48.2 Å². The molecule has 30 heavy (non-hydrogen) atoms. The Labute approximate surface area is 180 Å². The SMILES string of the molecule is CCN(CC)C(=O)C1=C(C)N=C2SC(C#N)=C(N)N2[C@H]1c1ccc(OC)c(OC)c1. The zero-order valence-electron chi connectivity index (χ0n) is 17.7. The van der Waals surface area contributed by atoms with Gasteiger partial charge in [0.15, 0.2) is 16.7 Å². The first-order chi connectivity index (χ1) is 14.4. The van der Waals surface area contributed by atoms with E-state index in [2.05, 4.69) is 11.1 Å². The molecule has 1 aromatic carbocycles. The number of aliphatic imine (C=N–C) groups is 1. The standard InChI is InChI=1S/C21H25N5O3S/c1-6-25(7-2)20(27)17-12(3)24-21-26(19(23)16(11-22)30-21)18(17)13-8-9-14(28-4)15(10-13)29-5/h8-10,18H,6-7,23H2,1-5H3/t18-/m0/s1. The predicted molar refractivity (Wildman–Crippen MR) is 117 cm³/mol. The molecular formula is C21H25N5O3S. The zero-order chi connectivity index (χ0) is 22.0. The lowest BCUT2D eigenvalue weighted by Crippen LogP contribution is -2.42. The number of carbonyl (C=O) groups excluding carboxylic acids is 1. The van der Waals surface area contributed by atoms with Crippen molar-refractivity contribution in [1.82, 2.24) is 9.80 Å². The summed E-state index contributed by atoms with van der Waals surface area (Å²) in [4.78, 5) is 21.9. The van der Waals surface area contributed by atoms with Crippen LogP contribution in [0, 0.1) is 11.3 Å². The molecule has 1 amide bonds. The summed E-state index contributed by atoms with van der Waals surface area (Å²) in [6.07, 6.45) is 0. The van der Waals surface area contributed by atoms with E-state index in [4.69, 9.17) is 15.2 Å². The molecule has 0 unspecified atom stereocenters. The molecule has 8 nitrogen and oxygen atoms in total. The van der Waals surface area contributed by atoms with E-state index in [-0.39, 0.29) is 5.91 Å². The molecule has 158 valence electrons. The molecule has 3 rings (SSSR count). The van der Waals surface area contributed by atoms with Crippen LogP contribution in [0.1, 0.15) is 32.4 Å². The Morgan fingerprint density at radius 1 is 1.30 bits per heavy atom. The second kappa shape index (κ2) is 8.71. The molecule has 1 aromatic rings. The highest BCUT2D eigenvalue weighted by molar-refractivity contribution is 8.17. The van der Waals surface area contributed by atoms with Crippen molar-refractivity contribution < 1.29 is 14.3 Å². The number of rotatable bonds is 6. The molecule has 2 heterocycles. The van der Waals surface area contributed by atoms with Crippen molar-refractivity contribution in [3.63, 3.8) is 0 Å². The summed E-state index contributed by atoms with van der Waals surface area (Å²) in [5, 5.41) is 10.1. The Morgan fingerprint density at radius 2 is 1.97 bits per heavy atom. The minimum absolute atomic E-state index is 0.108. The van der Waals surface area contributed by atoms with Crippen LogP contribution in [-0.2, 0) is 4.79 Å². The summed E-state index contributed by atoms with van der Waals surface area (Å²) in [7, 11) is 3.13. The largest absolute Gasteiger partial charge is 0.493 e. The monoisotopic (exact) mass is 427 g/mol. The fourth-order valence-corrected chi connectivity index (χ4v) is 4.55. The van der Waals surface area contributed by atoms with Crippen LogP contribution < -0.4 is 15.2 Å². The summed E-state index contributed by atoms with van der Waals surface area (Å²) < 4.78 is 10.8. The fraction of sp³-hybridized carbons (Fsp3) is 0.381. The molecule has 0 saturated heterocycles. The van der Waals surface area contributed by atoms with Crippen LogP contribution in [0.3, 0.4) is 0 Å². The molecule has 0 spiro atoms. The van der Waals surface area contributed by atoms with Crippen molar-refractivity contribution in [3.05, 3.63) is 45.8 Å². The van der Waals surface area contributed by atoms with Crippen molar-refractivity contribution in [2.24, 2.45) is 10.7 Å². The van der Waals surface area contributed by atoms with Gasteiger partial charge in [-0.25, -0.2) is 4.99 Å². The van der Waals surface area contributed by atoms with Crippen LogP contribution >= 0.6 is 11.8 Å². The maximum absolute atomic E-state index is 13.5. The van der Waals surface area contributed by atoms with Crippen LogP contribution in [0.15, 0.2) is 45.2 Å². The number of allylic oxidation sites excluding steroid dienone is 2. The summed E-state index contributed by atoms with van der Waals surface area (Å²) >= 11 is 1.21. The highest BCUT2D eigenvalue weighted by Gasteiger charge is 2.43. The van der Waals surface area contributed by atoms with Gasteiger partial charge in [0, 0.05) is 13.1 Å². The van der Waals surface area contributed by atoms with E-state index < -0.39 is 6.04 Å². The third-order valence-corrected chi connectivity index (χ3v) is 6.16. The molecule has 0 aromatic heterocycles. The number of hydrogen-bond donors (Lipinski definition) is 1. The minimum atomic E-state index is -0.538. The third-order valence-electron chi connectivity index (χ3n) is 5.18. The molecule has 0 aliphatic carbocycles. The van der Waals surface area contributed by atoms with Gasteiger partial charge in [-0.05, 0) is 50.2 Å². The van der Waals surface area contributed by atoms with Gasteiger partial charge in [0.1, 0.15) is 16.8 Å². The smallest absolute Gasteiger partial charge is 0.254 e. The van der Waals surface area contributed by atoms with Gasteiger partial charge in [-0.3, -0.25) is 9.69 Å². The van der Waals surface area contributed by atoms with Crippen molar-refractivity contribution in [3.8, 4) is 17.6 Å². The van der Waals surface area contributed by atoms with Crippen molar-refractivity contribution in [2.75, 3.05) is 27.3 Å². The van der Waals surface area contributed by atoms with Crippen LogP contribution in [0.2, 0.25) is 0 Å². The first-order valence-corrected chi connectivity index (χ1v) is 10.4. The Kier molecular flexibility index (Phi) is 6.27. The highest BCUT2D eigenvalue weighted by atomic mass is 32.2. The number of ether oxygens (including phenoxy) is 2. The van der Waals surface area contributed by atoms with E-state index in [1.54, 1.807) is 30.1 Å². The number of nitrogens with two attached hydrogens (primary N) is 1.